The predicted octanol–water partition coefficient (Wildman–Crippen LogP) is 4.02. The van der Waals surface area contributed by atoms with Crippen molar-refractivity contribution in [2.24, 2.45) is 11.1 Å². The molecule has 0 radical (unpaired) electrons. The number of alkyl halides is 3. The monoisotopic (exact) mass is 237 g/mol. The molecule has 0 aliphatic heterocycles. The smallest absolute Gasteiger partial charge is 0.327 e. The summed E-state index contributed by atoms with van der Waals surface area (Å²) >= 11 is 0. The third-order valence-corrected chi connectivity index (χ3v) is 4.07. The van der Waals surface area contributed by atoms with Crippen LogP contribution in [0, 0.1) is 5.41 Å². The lowest BCUT2D eigenvalue weighted by Crippen LogP contribution is -2.39. The summed E-state index contributed by atoms with van der Waals surface area (Å²) in [5, 5.41) is 0. The highest BCUT2D eigenvalue weighted by atomic mass is 19.4. The van der Waals surface area contributed by atoms with Crippen molar-refractivity contribution in [1.29, 1.82) is 0 Å². The summed E-state index contributed by atoms with van der Waals surface area (Å²) in [6.07, 6.45) is 1.50. The summed E-state index contributed by atoms with van der Waals surface area (Å²) in [5.74, 6) is 0. The van der Waals surface area contributed by atoms with Gasteiger partial charge in [-0.3, -0.25) is 0 Å². The Balaban J connectivity index is 2.36. The minimum atomic E-state index is -4.03. The summed E-state index contributed by atoms with van der Waals surface area (Å²) in [6.45, 7) is 2.11. The molecule has 0 amide bonds. The van der Waals surface area contributed by atoms with Crippen LogP contribution in [0.5, 0.6) is 0 Å². The third-order valence-electron chi connectivity index (χ3n) is 4.07. The normalized spacial score (nSPS) is 22.3. The molecular weight excluding hydrogens is 215 g/mol. The second-order valence-electron chi connectivity index (χ2n) is 5.04. The van der Waals surface area contributed by atoms with Crippen molar-refractivity contribution in [3.05, 3.63) is 0 Å². The molecular formula is C12H22F3N. The van der Waals surface area contributed by atoms with Crippen LogP contribution in [-0.2, 0) is 0 Å². The van der Waals surface area contributed by atoms with Gasteiger partial charge >= 0.3 is 6.18 Å². The molecule has 2 N–H and O–H groups in total. The molecule has 96 valence electrons. The lowest BCUT2D eigenvalue weighted by molar-refractivity contribution is -0.136. The molecule has 1 atom stereocenters. The Hall–Kier alpha value is -0.250. The number of hydrogen-bond acceptors (Lipinski definition) is 1. The maximum Gasteiger partial charge on any atom is 0.389 e. The zero-order chi connectivity index (χ0) is 12.2. The van der Waals surface area contributed by atoms with Crippen LogP contribution < -0.4 is 5.73 Å². The summed E-state index contributed by atoms with van der Waals surface area (Å²) in [5.41, 5.74) is 6.22. The average molecular weight is 237 g/mol. The van der Waals surface area contributed by atoms with Gasteiger partial charge in [0.05, 0.1) is 0 Å². The average Bonchev–Trinajstić information content (AvgIpc) is 2.65. The lowest BCUT2D eigenvalue weighted by atomic mass is 9.75. The number of halogens is 3. The second-order valence-corrected chi connectivity index (χ2v) is 5.04. The molecule has 0 aromatic rings. The van der Waals surface area contributed by atoms with Crippen LogP contribution >= 0.6 is 0 Å². The molecule has 0 saturated heterocycles. The van der Waals surface area contributed by atoms with E-state index in [-0.39, 0.29) is 17.9 Å². The van der Waals surface area contributed by atoms with Gasteiger partial charge < -0.3 is 5.73 Å². The number of rotatable bonds is 5. The molecule has 0 aromatic heterocycles. The molecule has 16 heavy (non-hydrogen) atoms. The van der Waals surface area contributed by atoms with Gasteiger partial charge in [-0.05, 0) is 37.5 Å². The van der Waals surface area contributed by atoms with Gasteiger partial charge in [-0.1, -0.05) is 19.8 Å². The highest BCUT2D eigenvalue weighted by molar-refractivity contribution is 4.92. The van der Waals surface area contributed by atoms with Gasteiger partial charge in [-0.25, -0.2) is 0 Å². The van der Waals surface area contributed by atoms with E-state index in [4.69, 9.17) is 5.73 Å². The van der Waals surface area contributed by atoms with E-state index in [0.29, 0.717) is 6.42 Å². The van der Waals surface area contributed by atoms with E-state index in [1.165, 1.54) is 12.8 Å². The molecule has 0 heterocycles. The van der Waals surface area contributed by atoms with Crippen molar-refractivity contribution in [3.63, 3.8) is 0 Å². The molecule has 1 unspecified atom stereocenters. The maximum absolute atomic E-state index is 12.0. The van der Waals surface area contributed by atoms with Crippen LogP contribution in [0.15, 0.2) is 0 Å². The van der Waals surface area contributed by atoms with Crippen LogP contribution in [0.3, 0.4) is 0 Å². The first kappa shape index (κ1) is 13.8. The molecule has 1 aliphatic carbocycles. The number of nitrogens with two attached hydrogens (primary N) is 1. The summed E-state index contributed by atoms with van der Waals surface area (Å²) < 4.78 is 36.1. The van der Waals surface area contributed by atoms with Gasteiger partial charge in [0.1, 0.15) is 0 Å². The minimum Gasteiger partial charge on any atom is -0.327 e. The Morgan fingerprint density at radius 2 is 1.81 bits per heavy atom. The fourth-order valence-corrected chi connectivity index (χ4v) is 2.89. The van der Waals surface area contributed by atoms with Crippen molar-refractivity contribution in [1.82, 2.24) is 0 Å². The van der Waals surface area contributed by atoms with Gasteiger partial charge in [0.25, 0.3) is 0 Å². The zero-order valence-corrected chi connectivity index (χ0v) is 9.95. The predicted molar refractivity (Wildman–Crippen MR) is 59.1 cm³/mol. The first-order valence-electron chi connectivity index (χ1n) is 6.22. The molecule has 1 aliphatic rings. The summed E-state index contributed by atoms with van der Waals surface area (Å²) in [4.78, 5) is 0. The molecule has 0 bridgehead atoms. The molecule has 1 fully saturated rings. The van der Waals surface area contributed by atoms with E-state index in [9.17, 15) is 13.2 Å². The topological polar surface area (TPSA) is 26.0 Å². The largest absolute Gasteiger partial charge is 0.389 e. The zero-order valence-electron chi connectivity index (χ0n) is 9.95. The highest BCUT2D eigenvalue weighted by Crippen LogP contribution is 2.44. The minimum absolute atomic E-state index is 0.0534. The van der Waals surface area contributed by atoms with Gasteiger partial charge in [0.15, 0.2) is 0 Å². The SMILES string of the molecule is CCC1(C(N)CCCC(F)(F)F)CCCC1. The van der Waals surface area contributed by atoms with E-state index in [0.717, 1.165) is 19.3 Å². The fraction of sp³-hybridized carbons (Fsp3) is 1.00. The quantitative estimate of drug-likeness (QED) is 0.768. The van der Waals surface area contributed by atoms with Gasteiger partial charge in [0.2, 0.25) is 0 Å². The van der Waals surface area contributed by atoms with Crippen LogP contribution in [0.25, 0.3) is 0 Å². The van der Waals surface area contributed by atoms with Crippen molar-refractivity contribution in [3.8, 4) is 0 Å². The van der Waals surface area contributed by atoms with Crippen LogP contribution in [0.1, 0.15) is 58.3 Å². The van der Waals surface area contributed by atoms with E-state index >= 15 is 0 Å². The molecule has 1 nitrogen and oxygen atoms in total. The van der Waals surface area contributed by atoms with Crippen molar-refractivity contribution in [2.75, 3.05) is 0 Å². The van der Waals surface area contributed by atoms with E-state index in [2.05, 4.69) is 6.92 Å². The Morgan fingerprint density at radius 1 is 1.25 bits per heavy atom. The Morgan fingerprint density at radius 3 is 2.25 bits per heavy atom. The van der Waals surface area contributed by atoms with Gasteiger partial charge in [-0.2, -0.15) is 13.2 Å². The van der Waals surface area contributed by atoms with Crippen molar-refractivity contribution in [2.45, 2.75) is 70.5 Å². The van der Waals surface area contributed by atoms with Crippen molar-refractivity contribution >= 4 is 0 Å². The van der Waals surface area contributed by atoms with Gasteiger partial charge in [-0.15, -0.1) is 0 Å². The lowest BCUT2D eigenvalue weighted by Gasteiger charge is -2.34. The molecule has 0 aromatic carbocycles. The Labute approximate surface area is 95.6 Å². The first-order chi connectivity index (χ1) is 7.40. The first-order valence-corrected chi connectivity index (χ1v) is 6.22. The molecule has 0 spiro atoms. The maximum atomic E-state index is 12.0. The van der Waals surface area contributed by atoms with Crippen LogP contribution in [-0.4, -0.2) is 12.2 Å². The highest BCUT2D eigenvalue weighted by Gasteiger charge is 2.38. The molecule has 1 saturated carbocycles. The van der Waals surface area contributed by atoms with Crippen LogP contribution in [0.2, 0.25) is 0 Å². The van der Waals surface area contributed by atoms with Crippen LogP contribution in [0.4, 0.5) is 13.2 Å². The fourth-order valence-electron chi connectivity index (χ4n) is 2.89. The third kappa shape index (κ3) is 3.65. The summed E-state index contributed by atoms with van der Waals surface area (Å²) in [6, 6.07) is -0.0534. The number of hydrogen-bond donors (Lipinski definition) is 1. The van der Waals surface area contributed by atoms with Gasteiger partial charge in [0, 0.05) is 12.5 Å². The summed E-state index contributed by atoms with van der Waals surface area (Å²) in [7, 11) is 0. The standard InChI is InChI=1S/C12H22F3N/c1-2-11(7-3-4-8-11)10(16)6-5-9-12(13,14)15/h10H,2-9,16H2,1H3. The Kier molecular flexibility index (Phi) is 4.65. The second kappa shape index (κ2) is 5.39. The van der Waals surface area contributed by atoms with E-state index < -0.39 is 12.6 Å². The molecule has 4 heteroatoms. The van der Waals surface area contributed by atoms with Crippen molar-refractivity contribution < 1.29 is 13.2 Å². The molecule has 1 rings (SSSR count). The Bertz CT molecular complexity index is 207. The van der Waals surface area contributed by atoms with E-state index in [1.54, 1.807) is 0 Å². The van der Waals surface area contributed by atoms with E-state index in [1.807, 2.05) is 0 Å².